The molecule has 2 aromatic carbocycles. The molecule has 0 fully saturated rings. The minimum atomic E-state index is -0.180. The fraction of sp³-hybridized carbons (Fsp3) is 0.235. The van der Waals surface area contributed by atoms with Gasteiger partial charge in [0, 0.05) is 5.69 Å². The van der Waals surface area contributed by atoms with Gasteiger partial charge in [-0.1, -0.05) is 18.2 Å². The molecule has 0 heterocycles. The van der Waals surface area contributed by atoms with E-state index in [4.69, 9.17) is 10.5 Å². The highest BCUT2D eigenvalue weighted by atomic mass is 16.5. The fourth-order valence-corrected chi connectivity index (χ4v) is 2.02. The van der Waals surface area contributed by atoms with Crippen molar-refractivity contribution in [3.8, 4) is 5.75 Å². The summed E-state index contributed by atoms with van der Waals surface area (Å²) >= 11 is 0. The maximum Gasteiger partial charge on any atom is 0.253 e. The normalized spacial score (nSPS) is 10.2. The number of amides is 1. The summed E-state index contributed by atoms with van der Waals surface area (Å²) < 4.78 is 5.58. The summed E-state index contributed by atoms with van der Waals surface area (Å²) in [6, 6.07) is 13.2. The Morgan fingerprint density at radius 1 is 1.14 bits per heavy atom. The summed E-state index contributed by atoms with van der Waals surface area (Å²) in [5.74, 6) is 0.624. The Bertz CT molecular complexity index is 638. The summed E-state index contributed by atoms with van der Waals surface area (Å²) in [5.41, 5.74) is 9.01. The van der Waals surface area contributed by atoms with E-state index in [0.717, 1.165) is 16.9 Å². The van der Waals surface area contributed by atoms with Gasteiger partial charge in [0.2, 0.25) is 0 Å². The van der Waals surface area contributed by atoms with E-state index in [0.29, 0.717) is 24.4 Å². The number of rotatable bonds is 5. The first-order chi connectivity index (χ1) is 10.1. The molecular weight excluding hydrogens is 264 g/mol. The van der Waals surface area contributed by atoms with Gasteiger partial charge in [0.05, 0.1) is 12.1 Å². The summed E-state index contributed by atoms with van der Waals surface area (Å²) in [6.07, 6.45) is 0. The summed E-state index contributed by atoms with van der Waals surface area (Å²) in [4.78, 5) is 12.0. The second kappa shape index (κ2) is 6.79. The quantitative estimate of drug-likeness (QED) is 0.655. The molecule has 0 spiro atoms. The van der Waals surface area contributed by atoms with Crippen molar-refractivity contribution in [2.75, 3.05) is 18.9 Å². The first kappa shape index (κ1) is 14.9. The third kappa shape index (κ3) is 4.24. The largest absolute Gasteiger partial charge is 0.492 e. The molecule has 110 valence electrons. The van der Waals surface area contributed by atoms with Crippen LogP contribution < -0.4 is 15.8 Å². The predicted octanol–water partition coefficient (Wildman–Crippen LogP) is 2.69. The lowest BCUT2D eigenvalue weighted by molar-refractivity contribution is 0.0948. The van der Waals surface area contributed by atoms with E-state index in [1.807, 2.05) is 44.2 Å². The highest BCUT2D eigenvalue weighted by Gasteiger charge is 2.08. The lowest BCUT2D eigenvalue weighted by Gasteiger charge is -2.10. The van der Waals surface area contributed by atoms with E-state index in [2.05, 4.69) is 5.32 Å². The molecule has 0 unspecified atom stereocenters. The standard InChI is InChI=1S/C17H20N2O2/c1-12-4-3-5-14(10-12)21-9-8-19-17(20)15-7-6-13(2)11-16(15)18/h3-7,10-11H,8-9,18H2,1-2H3,(H,19,20). The van der Waals surface area contributed by atoms with Crippen molar-refractivity contribution in [2.45, 2.75) is 13.8 Å². The van der Waals surface area contributed by atoms with Crippen LogP contribution in [0.4, 0.5) is 5.69 Å². The van der Waals surface area contributed by atoms with E-state index in [1.165, 1.54) is 0 Å². The number of nitrogen functional groups attached to an aromatic ring is 1. The molecule has 4 heteroatoms. The smallest absolute Gasteiger partial charge is 0.253 e. The van der Waals surface area contributed by atoms with Crippen LogP contribution in [0.5, 0.6) is 5.75 Å². The number of carbonyl (C=O) groups excluding carboxylic acids is 1. The summed E-state index contributed by atoms with van der Waals surface area (Å²) in [6.45, 7) is 4.80. The zero-order chi connectivity index (χ0) is 15.2. The lowest BCUT2D eigenvalue weighted by Crippen LogP contribution is -2.28. The number of hydrogen-bond donors (Lipinski definition) is 2. The van der Waals surface area contributed by atoms with Crippen LogP contribution in [0.15, 0.2) is 42.5 Å². The van der Waals surface area contributed by atoms with Crippen LogP contribution in [0.2, 0.25) is 0 Å². The van der Waals surface area contributed by atoms with Gasteiger partial charge in [-0.15, -0.1) is 0 Å². The highest BCUT2D eigenvalue weighted by molar-refractivity contribution is 5.99. The second-order valence-electron chi connectivity index (χ2n) is 5.01. The Morgan fingerprint density at radius 2 is 1.90 bits per heavy atom. The van der Waals surface area contributed by atoms with E-state index in [-0.39, 0.29) is 5.91 Å². The van der Waals surface area contributed by atoms with Gasteiger partial charge in [0.25, 0.3) is 5.91 Å². The van der Waals surface area contributed by atoms with Gasteiger partial charge < -0.3 is 15.8 Å². The third-order valence-corrected chi connectivity index (χ3v) is 3.10. The van der Waals surface area contributed by atoms with Crippen molar-refractivity contribution in [1.82, 2.24) is 5.32 Å². The maximum absolute atomic E-state index is 12.0. The van der Waals surface area contributed by atoms with Crippen LogP contribution in [0, 0.1) is 13.8 Å². The molecule has 0 saturated heterocycles. The molecule has 21 heavy (non-hydrogen) atoms. The number of anilines is 1. The molecule has 0 aromatic heterocycles. The van der Waals surface area contributed by atoms with Crippen LogP contribution in [-0.2, 0) is 0 Å². The topological polar surface area (TPSA) is 64.3 Å². The fourth-order valence-electron chi connectivity index (χ4n) is 2.02. The van der Waals surface area contributed by atoms with Crippen molar-refractivity contribution in [1.29, 1.82) is 0 Å². The zero-order valence-corrected chi connectivity index (χ0v) is 12.3. The molecule has 2 rings (SSSR count). The van der Waals surface area contributed by atoms with E-state index in [9.17, 15) is 4.79 Å². The Labute approximate surface area is 124 Å². The van der Waals surface area contributed by atoms with Gasteiger partial charge >= 0.3 is 0 Å². The van der Waals surface area contributed by atoms with Crippen LogP contribution in [0.1, 0.15) is 21.5 Å². The number of nitrogens with one attached hydrogen (secondary N) is 1. The van der Waals surface area contributed by atoms with E-state index in [1.54, 1.807) is 12.1 Å². The molecule has 4 nitrogen and oxygen atoms in total. The maximum atomic E-state index is 12.0. The minimum absolute atomic E-state index is 0.180. The van der Waals surface area contributed by atoms with Gasteiger partial charge in [-0.05, 0) is 49.2 Å². The van der Waals surface area contributed by atoms with Crippen molar-refractivity contribution in [2.24, 2.45) is 0 Å². The van der Waals surface area contributed by atoms with Crippen molar-refractivity contribution in [3.05, 3.63) is 59.2 Å². The zero-order valence-electron chi connectivity index (χ0n) is 12.3. The molecule has 0 saturated carbocycles. The summed E-state index contributed by atoms with van der Waals surface area (Å²) in [7, 11) is 0. The van der Waals surface area contributed by atoms with Crippen molar-refractivity contribution < 1.29 is 9.53 Å². The molecule has 0 radical (unpaired) electrons. The van der Waals surface area contributed by atoms with Gasteiger partial charge in [0.1, 0.15) is 12.4 Å². The monoisotopic (exact) mass is 284 g/mol. The molecule has 1 amide bonds. The molecule has 0 bridgehead atoms. The number of benzene rings is 2. The molecule has 2 aromatic rings. The second-order valence-corrected chi connectivity index (χ2v) is 5.01. The van der Waals surface area contributed by atoms with Gasteiger partial charge in [-0.2, -0.15) is 0 Å². The third-order valence-electron chi connectivity index (χ3n) is 3.10. The molecule has 3 N–H and O–H groups in total. The summed E-state index contributed by atoms with van der Waals surface area (Å²) in [5, 5.41) is 2.80. The Hall–Kier alpha value is -2.49. The predicted molar refractivity (Wildman–Crippen MR) is 84.6 cm³/mol. The molecule has 0 aliphatic rings. The first-order valence-corrected chi connectivity index (χ1v) is 6.90. The SMILES string of the molecule is Cc1cccc(OCCNC(=O)c2ccc(C)cc2N)c1. The van der Waals surface area contributed by atoms with Gasteiger partial charge in [-0.25, -0.2) is 0 Å². The lowest BCUT2D eigenvalue weighted by atomic mass is 10.1. The van der Waals surface area contributed by atoms with E-state index >= 15 is 0 Å². The molecule has 0 aliphatic heterocycles. The minimum Gasteiger partial charge on any atom is -0.492 e. The van der Waals surface area contributed by atoms with Crippen molar-refractivity contribution >= 4 is 11.6 Å². The Morgan fingerprint density at radius 3 is 2.62 bits per heavy atom. The molecular formula is C17H20N2O2. The molecule has 0 aliphatic carbocycles. The number of aryl methyl sites for hydroxylation is 2. The van der Waals surface area contributed by atoms with Crippen molar-refractivity contribution in [3.63, 3.8) is 0 Å². The number of hydrogen-bond acceptors (Lipinski definition) is 3. The Balaban J connectivity index is 1.82. The van der Waals surface area contributed by atoms with Crippen LogP contribution in [-0.4, -0.2) is 19.1 Å². The number of ether oxygens (including phenoxy) is 1. The molecule has 0 atom stereocenters. The van der Waals surface area contributed by atoms with Gasteiger partial charge in [0.15, 0.2) is 0 Å². The van der Waals surface area contributed by atoms with Gasteiger partial charge in [-0.3, -0.25) is 4.79 Å². The van der Waals surface area contributed by atoms with Crippen LogP contribution >= 0.6 is 0 Å². The first-order valence-electron chi connectivity index (χ1n) is 6.90. The average molecular weight is 284 g/mol. The number of carbonyl (C=O) groups is 1. The van der Waals surface area contributed by atoms with Crippen LogP contribution in [0.25, 0.3) is 0 Å². The van der Waals surface area contributed by atoms with Crippen LogP contribution in [0.3, 0.4) is 0 Å². The average Bonchev–Trinajstić information content (AvgIpc) is 2.43. The Kier molecular flexibility index (Phi) is 4.82. The highest BCUT2D eigenvalue weighted by Crippen LogP contribution is 2.14. The number of nitrogens with two attached hydrogens (primary N) is 1. The van der Waals surface area contributed by atoms with E-state index < -0.39 is 0 Å².